The first-order valence-electron chi connectivity index (χ1n) is 8.33. The molecule has 0 aliphatic heterocycles. The van der Waals surface area contributed by atoms with E-state index >= 15 is 0 Å². The molecule has 3 rings (SSSR count). The number of nitrogens with zero attached hydrogens (tertiary/aromatic N) is 2. The number of phenolic OH excluding ortho intramolecular Hbond substituents is 1. The van der Waals surface area contributed by atoms with Crippen molar-refractivity contribution in [1.29, 1.82) is 0 Å². The first-order valence-corrected chi connectivity index (χ1v) is 8.33. The van der Waals surface area contributed by atoms with Gasteiger partial charge in [-0.15, -0.1) is 0 Å². The Kier molecular flexibility index (Phi) is 5.15. The van der Waals surface area contributed by atoms with Crippen LogP contribution in [0.4, 0.5) is 11.6 Å². The molecular weight excluding hydrogens is 304 g/mol. The molecule has 0 bridgehead atoms. The van der Waals surface area contributed by atoms with E-state index in [1.54, 1.807) is 25.4 Å². The van der Waals surface area contributed by atoms with E-state index in [2.05, 4.69) is 15.3 Å². The minimum atomic E-state index is 0.230. The molecule has 0 spiro atoms. The van der Waals surface area contributed by atoms with Crippen molar-refractivity contribution in [1.82, 2.24) is 9.97 Å². The van der Waals surface area contributed by atoms with Crippen LogP contribution in [0.15, 0.2) is 30.5 Å². The number of aromatic hydroxyl groups is 1. The lowest BCUT2D eigenvalue weighted by molar-refractivity contribution is 0.129. The predicted octanol–water partition coefficient (Wildman–Crippen LogP) is 3.05. The Balaban J connectivity index is 1.70. The lowest BCUT2D eigenvalue weighted by atomic mass is 9.86. The van der Waals surface area contributed by atoms with E-state index in [0.717, 1.165) is 43.5 Å². The first kappa shape index (κ1) is 16.5. The zero-order valence-electron chi connectivity index (χ0n) is 13.9. The second-order valence-corrected chi connectivity index (χ2v) is 6.35. The second-order valence-electron chi connectivity index (χ2n) is 6.35. The van der Waals surface area contributed by atoms with Gasteiger partial charge in [-0.25, -0.2) is 9.97 Å². The molecular formula is C18H24N4O2. The highest BCUT2D eigenvalue weighted by Gasteiger charge is 2.22. The number of nitrogens with two attached hydrogens (primary N) is 1. The maximum atomic E-state index is 9.40. The number of hydrogen-bond donors (Lipinski definition) is 3. The Morgan fingerprint density at radius 3 is 2.58 bits per heavy atom. The Hall–Kier alpha value is -2.34. The molecule has 0 unspecified atom stereocenters. The van der Waals surface area contributed by atoms with E-state index in [-0.39, 0.29) is 5.75 Å². The summed E-state index contributed by atoms with van der Waals surface area (Å²) in [6.07, 6.45) is 6.12. The van der Waals surface area contributed by atoms with Crippen LogP contribution in [0, 0.1) is 5.92 Å². The summed E-state index contributed by atoms with van der Waals surface area (Å²) in [6, 6.07) is 7.27. The summed E-state index contributed by atoms with van der Waals surface area (Å²) in [7, 11) is 1.76. The average molecular weight is 328 g/mol. The molecule has 1 heterocycles. The number of hydrogen-bond acceptors (Lipinski definition) is 6. The monoisotopic (exact) mass is 328 g/mol. The standard InChI is InChI=1S/C18H24N4O2/c1-24-11-12-2-6-14(7-3-12)21-18-17(19)20-10-16(22-18)13-4-8-15(23)9-5-13/h4-5,8-10,12,14,23H,2-3,6-7,11H2,1H3,(H2,19,20)(H,21,22). The molecule has 6 heteroatoms. The van der Waals surface area contributed by atoms with Crippen LogP contribution in [-0.2, 0) is 4.74 Å². The lowest BCUT2D eigenvalue weighted by Gasteiger charge is -2.29. The summed E-state index contributed by atoms with van der Waals surface area (Å²) >= 11 is 0. The molecule has 1 aromatic heterocycles. The molecule has 0 saturated heterocycles. The summed E-state index contributed by atoms with van der Waals surface area (Å²) in [5.74, 6) is 1.93. The highest BCUT2D eigenvalue weighted by molar-refractivity contribution is 5.65. The van der Waals surface area contributed by atoms with Crippen molar-refractivity contribution >= 4 is 11.6 Å². The molecule has 0 amide bonds. The van der Waals surface area contributed by atoms with Gasteiger partial charge in [-0.1, -0.05) is 0 Å². The minimum absolute atomic E-state index is 0.230. The van der Waals surface area contributed by atoms with Crippen LogP contribution in [0.3, 0.4) is 0 Å². The largest absolute Gasteiger partial charge is 0.508 e. The van der Waals surface area contributed by atoms with Crippen LogP contribution >= 0.6 is 0 Å². The van der Waals surface area contributed by atoms with E-state index in [9.17, 15) is 5.11 Å². The summed E-state index contributed by atoms with van der Waals surface area (Å²) < 4.78 is 5.25. The fourth-order valence-electron chi connectivity index (χ4n) is 3.18. The Morgan fingerprint density at radius 1 is 1.21 bits per heavy atom. The molecule has 1 saturated carbocycles. The average Bonchev–Trinajstić information content (AvgIpc) is 2.60. The van der Waals surface area contributed by atoms with Crippen LogP contribution in [0.5, 0.6) is 5.75 Å². The van der Waals surface area contributed by atoms with Crippen molar-refractivity contribution < 1.29 is 9.84 Å². The van der Waals surface area contributed by atoms with Gasteiger partial charge in [-0.3, -0.25) is 0 Å². The van der Waals surface area contributed by atoms with Crippen molar-refractivity contribution in [3.8, 4) is 17.0 Å². The third-order valence-corrected chi connectivity index (χ3v) is 4.55. The quantitative estimate of drug-likeness (QED) is 0.781. The van der Waals surface area contributed by atoms with Crippen LogP contribution in [-0.4, -0.2) is 34.8 Å². The summed E-state index contributed by atoms with van der Waals surface area (Å²) in [6.45, 7) is 0.838. The minimum Gasteiger partial charge on any atom is -0.508 e. The number of methoxy groups -OCH3 is 1. The van der Waals surface area contributed by atoms with Gasteiger partial charge >= 0.3 is 0 Å². The number of benzene rings is 1. The van der Waals surface area contributed by atoms with Gasteiger partial charge < -0.3 is 20.9 Å². The van der Waals surface area contributed by atoms with Gasteiger partial charge in [-0.05, 0) is 55.9 Å². The van der Waals surface area contributed by atoms with E-state index in [1.807, 2.05) is 12.1 Å². The van der Waals surface area contributed by atoms with E-state index in [1.165, 1.54) is 0 Å². The van der Waals surface area contributed by atoms with E-state index in [4.69, 9.17) is 10.5 Å². The van der Waals surface area contributed by atoms with Crippen molar-refractivity contribution in [2.45, 2.75) is 31.7 Å². The fourth-order valence-corrected chi connectivity index (χ4v) is 3.18. The van der Waals surface area contributed by atoms with Crippen molar-refractivity contribution in [3.63, 3.8) is 0 Å². The van der Waals surface area contributed by atoms with Crippen molar-refractivity contribution in [2.75, 3.05) is 24.8 Å². The second kappa shape index (κ2) is 7.49. The number of ether oxygens (including phenoxy) is 1. The zero-order chi connectivity index (χ0) is 16.9. The van der Waals surface area contributed by atoms with Gasteiger partial charge in [0.05, 0.1) is 11.9 Å². The number of aromatic nitrogens is 2. The Bertz CT molecular complexity index is 667. The third-order valence-electron chi connectivity index (χ3n) is 4.55. The van der Waals surface area contributed by atoms with Gasteiger partial charge in [0, 0.05) is 25.3 Å². The first-order chi connectivity index (χ1) is 11.7. The molecule has 0 radical (unpaired) electrons. The van der Waals surface area contributed by atoms with Crippen LogP contribution in [0.1, 0.15) is 25.7 Å². The fraction of sp³-hybridized carbons (Fsp3) is 0.444. The Labute approximate surface area is 142 Å². The van der Waals surface area contributed by atoms with Gasteiger partial charge in [0.15, 0.2) is 11.6 Å². The van der Waals surface area contributed by atoms with E-state index in [0.29, 0.717) is 23.6 Å². The molecule has 1 aliphatic rings. The van der Waals surface area contributed by atoms with Crippen LogP contribution in [0.2, 0.25) is 0 Å². The summed E-state index contributed by atoms with van der Waals surface area (Å²) in [5, 5.41) is 12.8. The smallest absolute Gasteiger partial charge is 0.169 e. The highest BCUT2D eigenvalue weighted by Crippen LogP contribution is 2.28. The molecule has 4 N–H and O–H groups in total. The topological polar surface area (TPSA) is 93.3 Å². The van der Waals surface area contributed by atoms with Gasteiger partial charge in [-0.2, -0.15) is 0 Å². The Morgan fingerprint density at radius 2 is 1.92 bits per heavy atom. The molecule has 2 aromatic rings. The van der Waals surface area contributed by atoms with E-state index < -0.39 is 0 Å². The van der Waals surface area contributed by atoms with Gasteiger partial charge in [0.2, 0.25) is 0 Å². The SMILES string of the molecule is COCC1CCC(Nc2nc(-c3ccc(O)cc3)cnc2N)CC1. The summed E-state index contributed by atoms with van der Waals surface area (Å²) in [5.41, 5.74) is 7.62. The maximum absolute atomic E-state index is 9.40. The number of phenols is 1. The van der Waals surface area contributed by atoms with Crippen molar-refractivity contribution in [3.05, 3.63) is 30.5 Å². The molecule has 1 fully saturated rings. The van der Waals surface area contributed by atoms with Gasteiger partial charge in [0.25, 0.3) is 0 Å². The molecule has 1 aromatic carbocycles. The predicted molar refractivity (Wildman–Crippen MR) is 94.8 cm³/mol. The maximum Gasteiger partial charge on any atom is 0.169 e. The van der Waals surface area contributed by atoms with Crippen LogP contribution in [0.25, 0.3) is 11.3 Å². The highest BCUT2D eigenvalue weighted by atomic mass is 16.5. The molecule has 24 heavy (non-hydrogen) atoms. The number of rotatable bonds is 5. The van der Waals surface area contributed by atoms with Crippen molar-refractivity contribution in [2.24, 2.45) is 5.92 Å². The number of nitrogen functional groups attached to an aromatic ring is 1. The molecule has 6 nitrogen and oxygen atoms in total. The zero-order valence-corrected chi connectivity index (χ0v) is 13.9. The summed E-state index contributed by atoms with van der Waals surface area (Å²) in [4.78, 5) is 8.87. The lowest BCUT2D eigenvalue weighted by Crippen LogP contribution is -2.28. The molecule has 1 aliphatic carbocycles. The van der Waals surface area contributed by atoms with Gasteiger partial charge in [0.1, 0.15) is 5.75 Å². The number of anilines is 2. The third kappa shape index (κ3) is 3.94. The van der Waals surface area contributed by atoms with Crippen LogP contribution < -0.4 is 11.1 Å². The molecule has 128 valence electrons. The number of nitrogens with one attached hydrogen (secondary N) is 1. The molecule has 0 atom stereocenters. The normalized spacial score (nSPS) is 20.7.